The van der Waals surface area contributed by atoms with Crippen LogP contribution in [0.15, 0.2) is 41.8 Å². The molecule has 2 N–H and O–H groups in total. The molecule has 2 atom stereocenters. The molecule has 1 amide bonds. The fraction of sp³-hybridized carbons (Fsp3) is 0.389. The Kier molecular flexibility index (Phi) is 5.60. The number of hydrogen-bond acceptors (Lipinski definition) is 4. The zero-order chi connectivity index (χ0) is 16.9. The Hall–Kier alpha value is -1.76. The highest BCUT2D eigenvalue weighted by Gasteiger charge is 2.26. The highest BCUT2D eigenvalue weighted by molar-refractivity contribution is 7.10. The smallest absolute Gasteiger partial charge is 0.234 e. The molecule has 6 heteroatoms. The highest BCUT2D eigenvalue weighted by Crippen LogP contribution is 2.23. The second-order valence-electron chi connectivity index (χ2n) is 6.05. The Labute approximate surface area is 145 Å². The molecule has 0 saturated carbocycles. The third-order valence-corrected chi connectivity index (χ3v) is 5.34. The fourth-order valence-electron chi connectivity index (χ4n) is 3.06. The van der Waals surface area contributed by atoms with Crippen LogP contribution in [-0.2, 0) is 4.79 Å². The number of piperazine rings is 1. The van der Waals surface area contributed by atoms with Gasteiger partial charge in [0.1, 0.15) is 5.82 Å². The van der Waals surface area contributed by atoms with Gasteiger partial charge in [-0.3, -0.25) is 9.69 Å². The summed E-state index contributed by atoms with van der Waals surface area (Å²) >= 11 is 1.64. The van der Waals surface area contributed by atoms with E-state index in [1.165, 1.54) is 6.07 Å². The van der Waals surface area contributed by atoms with Gasteiger partial charge in [0.15, 0.2) is 0 Å². The quantitative estimate of drug-likeness (QED) is 0.874. The van der Waals surface area contributed by atoms with Crippen molar-refractivity contribution in [3.8, 4) is 0 Å². The lowest BCUT2D eigenvalue weighted by molar-refractivity contribution is -0.123. The van der Waals surface area contributed by atoms with Gasteiger partial charge in [-0.15, -0.1) is 11.3 Å². The van der Waals surface area contributed by atoms with Crippen molar-refractivity contribution in [1.29, 1.82) is 0 Å². The van der Waals surface area contributed by atoms with Gasteiger partial charge >= 0.3 is 0 Å². The van der Waals surface area contributed by atoms with Crippen LogP contribution < -0.4 is 10.6 Å². The number of carbonyl (C=O) groups is 1. The number of halogens is 1. The summed E-state index contributed by atoms with van der Waals surface area (Å²) in [6, 6.07) is 10.7. The normalized spacial score (nSPS) is 19.8. The molecule has 1 saturated heterocycles. The number of rotatable bonds is 5. The number of amides is 1. The van der Waals surface area contributed by atoms with Crippen LogP contribution in [0.5, 0.6) is 0 Å². The van der Waals surface area contributed by atoms with Crippen LogP contribution in [0.3, 0.4) is 0 Å². The number of thiophene rings is 1. The predicted octanol–water partition coefficient (Wildman–Crippen LogP) is 2.71. The van der Waals surface area contributed by atoms with E-state index in [2.05, 4.69) is 15.5 Å². The number of nitrogens with zero attached hydrogens (tertiary/aromatic N) is 1. The Morgan fingerprint density at radius 1 is 1.46 bits per heavy atom. The topological polar surface area (TPSA) is 44.4 Å². The third-order valence-electron chi connectivity index (χ3n) is 4.28. The van der Waals surface area contributed by atoms with E-state index < -0.39 is 0 Å². The summed E-state index contributed by atoms with van der Waals surface area (Å²) in [7, 11) is 0. The Balaban J connectivity index is 1.64. The second-order valence-corrected chi connectivity index (χ2v) is 7.03. The average Bonchev–Trinajstić information content (AvgIpc) is 3.10. The van der Waals surface area contributed by atoms with Gasteiger partial charge in [0.05, 0.1) is 12.6 Å². The minimum absolute atomic E-state index is 0.000738. The zero-order valence-electron chi connectivity index (χ0n) is 13.7. The van der Waals surface area contributed by atoms with Crippen molar-refractivity contribution < 1.29 is 9.18 Å². The molecule has 128 valence electrons. The second kappa shape index (κ2) is 7.88. The van der Waals surface area contributed by atoms with Crippen LogP contribution in [0.2, 0.25) is 0 Å². The van der Waals surface area contributed by atoms with E-state index in [4.69, 9.17) is 0 Å². The first-order valence-corrected chi connectivity index (χ1v) is 9.04. The molecular weight excluding hydrogens is 325 g/mol. The summed E-state index contributed by atoms with van der Waals surface area (Å²) in [5.41, 5.74) is 0.904. The van der Waals surface area contributed by atoms with Crippen molar-refractivity contribution in [2.24, 2.45) is 0 Å². The molecular formula is C18H22FN3OS. The van der Waals surface area contributed by atoms with E-state index in [0.717, 1.165) is 30.1 Å². The van der Waals surface area contributed by atoms with E-state index in [-0.39, 0.29) is 23.8 Å². The van der Waals surface area contributed by atoms with Crippen LogP contribution in [0.25, 0.3) is 0 Å². The molecule has 2 aromatic rings. The minimum atomic E-state index is -0.242. The number of nitrogens with one attached hydrogen (secondary N) is 2. The molecule has 0 aliphatic carbocycles. The number of hydrogen-bond donors (Lipinski definition) is 2. The Morgan fingerprint density at radius 3 is 3.08 bits per heavy atom. The van der Waals surface area contributed by atoms with Gasteiger partial charge in [-0.1, -0.05) is 18.2 Å². The van der Waals surface area contributed by atoms with E-state index in [9.17, 15) is 9.18 Å². The maximum atomic E-state index is 13.5. The average molecular weight is 347 g/mol. The largest absolute Gasteiger partial charge is 0.348 e. The lowest BCUT2D eigenvalue weighted by Gasteiger charge is -2.36. The molecule has 2 unspecified atom stereocenters. The lowest BCUT2D eigenvalue weighted by atomic mass is 10.0. The van der Waals surface area contributed by atoms with E-state index in [0.29, 0.717) is 6.54 Å². The van der Waals surface area contributed by atoms with Gasteiger partial charge in [-0.2, -0.15) is 0 Å². The van der Waals surface area contributed by atoms with Crippen LogP contribution in [0, 0.1) is 5.82 Å². The van der Waals surface area contributed by atoms with E-state index >= 15 is 0 Å². The van der Waals surface area contributed by atoms with Gasteiger partial charge in [0, 0.05) is 30.6 Å². The first-order valence-electron chi connectivity index (χ1n) is 8.16. The molecule has 1 aliphatic heterocycles. The molecule has 0 spiro atoms. The van der Waals surface area contributed by atoms with Gasteiger partial charge in [-0.05, 0) is 36.1 Å². The molecule has 24 heavy (non-hydrogen) atoms. The van der Waals surface area contributed by atoms with Crippen molar-refractivity contribution >= 4 is 17.2 Å². The Morgan fingerprint density at radius 2 is 2.33 bits per heavy atom. The van der Waals surface area contributed by atoms with Crippen molar-refractivity contribution in [2.45, 2.75) is 19.0 Å². The summed E-state index contributed by atoms with van der Waals surface area (Å²) in [6.07, 6.45) is 0. The van der Waals surface area contributed by atoms with E-state index in [1.54, 1.807) is 23.5 Å². The zero-order valence-corrected chi connectivity index (χ0v) is 14.5. The molecule has 2 heterocycles. The molecule has 0 radical (unpaired) electrons. The molecule has 3 rings (SSSR count). The summed E-state index contributed by atoms with van der Waals surface area (Å²) < 4.78 is 13.5. The molecule has 1 aromatic heterocycles. The standard InChI is InChI=1S/C18H22FN3OS/c1-13(17-6-3-9-24-17)21-18(23)12-22-8-7-20-11-16(22)14-4-2-5-15(19)10-14/h2-6,9-10,13,16,20H,7-8,11-12H2,1H3,(H,21,23). The minimum Gasteiger partial charge on any atom is -0.348 e. The van der Waals surface area contributed by atoms with Crippen molar-refractivity contribution in [3.63, 3.8) is 0 Å². The first kappa shape index (κ1) is 17.1. The number of carbonyl (C=O) groups excluding carboxylic acids is 1. The van der Waals surface area contributed by atoms with Crippen LogP contribution >= 0.6 is 11.3 Å². The van der Waals surface area contributed by atoms with Crippen molar-refractivity contribution in [3.05, 3.63) is 58.0 Å². The third kappa shape index (κ3) is 4.20. The van der Waals surface area contributed by atoms with Gasteiger partial charge in [-0.25, -0.2) is 4.39 Å². The molecule has 1 fully saturated rings. The monoisotopic (exact) mass is 347 g/mol. The summed E-state index contributed by atoms with van der Waals surface area (Å²) in [5.74, 6) is -0.243. The maximum absolute atomic E-state index is 13.5. The van der Waals surface area contributed by atoms with Gasteiger partial charge in [0.2, 0.25) is 5.91 Å². The summed E-state index contributed by atoms with van der Waals surface area (Å²) in [5, 5.41) is 8.38. The molecule has 0 bridgehead atoms. The predicted molar refractivity (Wildman–Crippen MR) is 94.5 cm³/mol. The van der Waals surface area contributed by atoms with Gasteiger partial charge in [0.25, 0.3) is 0 Å². The van der Waals surface area contributed by atoms with E-state index in [1.807, 2.05) is 30.5 Å². The van der Waals surface area contributed by atoms with Crippen molar-refractivity contribution in [2.75, 3.05) is 26.2 Å². The molecule has 1 aliphatic rings. The summed E-state index contributed by atoms with van der Waals surface area (Å²) in [4.78, 5) is 15.7. The van der Waals surface area contributed by atoms with Crippen LogP contribution in [-0.4, -0.2) is 37.0 Å². The van der Waals surface area contributed by atoms with Crippen LogP contribution in [0.1, 0.15) is 29.4 Å². The lowest BCUT2D eigenvalue weighted by Crippen LogP contribution is -2.49. The SMILES string of the molecule is CC(NC(=O)CN1CCNCC1c1cccc(F)c1)c1cccs1. The van der Waals surface area contributed by atoms with Crippen molar-refractivity contribution in [1.82, 2.24) is 15.5 Å². The summed E-state index contributed by atoms with van der Waals surface area (Å²) in [6.45, 7) is 4.63. The Bertz CT molecular complexity index is 677. The number of benzene rings is 1. The first-order chi connectivity index (χ1) is 11.6. The fourth-order valence-corrected chi connectivity index (χ4v) is 3.79. The molecule has 1 aromatic carbocycles. The maximum Gasteiger partial charge on any atom is 0.234 e. The highest BCUT2D eigenvalue weighted by atomic mass is 32.1. The molecule has 4 nitrogen and oxygen atoms in total. The van der Waals surface area contributed by atoms with Gasteiger partial charge < -0.3 is 10.6 Å². The van der Waals surface area contributed by atoms with Crippen LogP contribution in [0.4, 0.5) is 4.39 Å².